The van der Waals surface area contributed by atoms with Crippen LogP contribution in [-0.4, -0.2) is 37.2 Å². The van der Waals surface area contributed by atoms with Crippen molar-refractivity contribution in [2.24, 2.45) is 5.92 Å². The Morgan fingerprint density at radius 2 is 1.66 bits per heavy atom. The van der Waals surface area contributed by atoms with Crippen molar-refractivity contribution < 1.29 is 37.5 Å². The van der Waals surface area contributed by atoms with E-state index in [1.54, 1.807) is 0 Å². The minimum Gasteiger partial charge on any atom is -0.498 e. The summed E-state index contributed by atoms with van der Waals surface area (Å²) in [5.41, 5.74) is -0.512. The number of esters is 1. The topological polar surface area (TPSA) is 110 Å². The van der Waals surface area contributed by atoms with Gasteiger partial charge in [-0.05, 0) is 24.1 Å². The maximum atomic E-state index is 12.9. The van der Waals surface area contributed by atoms with Gasteiger partial charge in [0.05, 0.1) is 24.1 Å². The molecule has 2 aromatic rings. The minimum atomic E-state index is -4.52. The van der Waals surface area contributed by atoms with Crippen molar-refractivity contribution in [3.05, 3.63) is 69.8 Å². The van der Waals surface area contributed by atoms with Gasteiger partial charge in [-0.15, -0.1) is 0 Å². The van der Waals surface area contributed by atoms with E-state index >= 15 is 0 Å². The number of carbonyl (C=O) groups is 2. The Kier molecular flexibility index (Phi) is 6.22. The van der Waals surface area contributed by atoms with Crippen molar-refractivity contribution in [1.82, 2.24) is 4.48 Å². The third-order valence-corrected chi connectivity index (χ3v) is 5.78. The van der Waals surface area contributed by atoms with Crippen LogP contribution >= 0.6 is 0 Å². The van der Waals surface area contributed by atoms with E-state index in [2.05, 4.69) is 0 Å². The largest absolute Gasteiger partial charge is 0.498 e. The van der Waals surface area contributed by atoms with Crippen LogP contribution in [0.1, 0.15) is 23.5 Å². The summed E-state index contributed by atoms with van der Waals surface area (Å²) in [7, 11) is 1.16. The Labute approximate surface area is 180 Å². The quantitative estimate of drug-likeness (QED) is 0.305. The molecule has 1 saturated heterocycles. The third-order valence-electron chi connectivity index (χ3n) is 5.78. The van der Waals surface area contributed by atoms with Gasteiger partial charge in [-0.2, -0.15) is 13.2 Å². The number of hydrogen-bond acceptors (Lipinski definition) is 6. The molecule has 11 heteroatoms. The molecule has 1 aliphatic heterocycles. The van der Waals surface area contributed by atoms with Crippen molar-refractivity contribution in [2.75, 3.05) is 20.2 Å². The highest BCUT2D eigenvalue weighted by molar-refractivity contribution is 5.82. The van der Waals surface area contributed by atoms with Crippen molar-refractivity contribution in [2.45, 2.75) is 18.5 Å². The van der Waals surface area contributed by atoms with Crippen LogP contribution in [0.15, 0.2) is 48.5 Å². The first-order valence-corrected chi connectivity index (χ1v) is 9.56. The molecule has 0 aliphatic carbocycles. The first kappa shape index (κ1) is 23.2. The van der Waals surface area contributed by atoms with Crippen LogP contribution in [0.4, 0.5) is 29.3 Å². The number of ether oxygens (including phenoxy) is 1. The lowest BCUT2D eigenvalue weighted by Gasteiger charge is -2.45. The third kappa shape index (κ3) is 4.42. The molecule has 32 heavy (non-hydrogen) atoms. The molecule has 0 saturated carbocycles. The molecule has 3 unspecified atom stereocenters. The summed E-state index contributed by atoms with van der Waals surface area (Å²) in [6.07, 6.45) is -5.90. The second-order valence-electron chi connectivity index (χ2n) is 7.64. The number of amides is 1. The summed E-state index contributed by atoms with van der Waals surface area (Å²) in [5.74, 6) is -2.15. The highest BCUT2D eigenvalue weighted by atomic mass is 19.4. The molecule has 1 aliphatic rings. The number of nitro benzene ring substituents is 1. The molecule has 1 amide bonds. The van der Waals surface area contributed by atoms with Gasteiger partial charge in [-0.25, -0.2) is 4.48 Å². The Morgan fingerprint density at radius 1 is 1.06 bits per heavy atom. The van der Waals surface area contributed by atoms with Crippen LogP contribution in [0, 0.1) is 16.0 Å². The van der Waals surface area contributed by atoms with Gasteiger partial charge in [0.15, 0.2) is 0 Å². The van der Waals surface area contributed by atoms with Crippen LogP contribution in [0.25, 0.3) is 0 Å². The number of halogens is 3. The first-order valence-electron chi connectivity index (χ1n) is 9.56. The maximum absolute atomic E-state index is 12.9. The number of benzene rings is 2. The number of non-ortho nitro benzene ring substituents is 1. The molecule has 3 atom stereocenters. The van der Waals surface area contributed by atoms with E-state index in [9.17, 15) is 38.0 Å². The van der Waals surface area contributed by atoms with Gasteiger partial charge in [0.1, 0.15) is 18.2 Å². The number of carboxylic acid groups (broad SMARTS) is 1. The lowest BCUT2D eigenvalue weighted by atomic mass is 9.82. The smallest absolute Gasteiger partial charge is 0.416 e. The molecule has 0 aromatic heterocycles. The molecule has 1 fully saturated rings. The summed E-state index contributed by atoms with van der Waals surface area (Å²) in [5, 5.41) is 23.3. The molecule has 3 rings (SSSR count). The van der Waals surface area contributed by atoms with Crippen molar-refractivity contribution in [3.8, 4) is 0 Å². The predicted molar refractivity (Wildman–Crippen MR) is 104 cm³/mol. The highest BCUT2D eigenvalue weighted by Gasteiger charge is 2.47. The predicted octanol–water partition coefficient (Wildman–Crippen LogP) is 3.24. The standard InChI is InChI=1S/C21H19F3N2O6/c1-32-19(27)15-10-14(13-2-4-16(5-3-13)21(22,23)24)11-26(12-15,20(28)29)18-8-6-17(7-9-18)25(30)31/h2-9,14-15H,10-12H2,1H3. The second kappa shape index (κ2) is 8.58. The van der Waals surface area contributed by atoms with Gasteiger partial charge in [0.25, 0.3) is 11.8 Å². The molecular formula is C21H19F3N2O6. The van der Waals surface area contributed by atoms with Crippen LogP contribution in [-0.2, 0) is 15.7 Å². The highest BCUT2D eigenvalue weighted by Crippen LogP contribution is 2.40. The Morgan fingerprint density at radius 3 is 2.12 bits per heavy atom. The average Bonchev–Trinajstić information content (AvgIpc) is 2.77. The molecular weight excluding hydrogens is 433 g/mol. The Balaban J connectivity index is 2.05. The summed E-state index contributed by atoms with van der Waals surface area (Å²) < 4.78 is 42.7. The first-order chi connectivity index (χ1) is 15.0. The lowest BCUT2D eigenvalue weighted by Crippen LogP contribution is -2.66. The number of likely N-dealkylation sites (tertiary alicyclic amines) is 1. The fraction of sp³-hybridized carbons (Fsp3) is 0.333. The Bertz CT molecular complexity index is 1020. The Hall–Kier alpha value is -3.47. The van der Waals surface area contributed by atoms with Crippen LogP contribution < -0.4 is 9.59 Å². The zero-order valence-electron chi connectivity index (χ0n) is 16.9. The van der Waals surface area contributed by atoms with E-state index in [4.69, 9.17) is 4.74 Å². The van der Waals surface area contributed by atoms with Gasteiger partial charge < -0.3 is 14.6 Å². The number of nitrogens with zero attached hydrogens (tertiary/aromatic N) is 2. The SMILES string of the molecule is COC(=O)C1CC(c2ccc(C(F)(F)F)cc2)C[N+](C(=O)[O-])(c2ccc([N+](=O)[O-])cc2)C1. The van der Waals surface area contributed by atoms with Crippen molar-refractivity contribution >= 4 is 23.4 Å². The van der Waals surface area contributed by atoms with E-state index in [1.165, 1.54) is 24.3 Å². The zero-order valence-corrected chi connectivity index (χ0v) is 16.9. The lowest BCUT2D eigenvalue weighted by molar-refractivity contribution is -0.384. The van der Waals surface area contributed by atoms with Crippen molar-refractivity contribution in [3.63, 3.8) is 0 Å². The zero-order chi connectivity index (χ0) is 23.7. The minimum absolute atomic E-state index is 0.112. The van der Waals surface area contributed by atoms with Gasteiger partial charge in [-0.3, -0.25) is 14.9 Å². The van der Waals surface area contributed by atoms with Crippen LogP contribution in [0.3, 0.4) is 0 Å². The van der Waals surface area contributed by atoms with Crippen LogP contribution in [0.2, 0.25) is 0 Å². The number of hydrogen-bond donors (Lipinski definition) is 0. The molecule has 0 spiro atoms. The number of methoxy groups -OCH3 is 1. The summed E-state index contributed by atoms with van der Waals surface area (Å²) >= 11 is 0. The van der Waals surface area contributed by atoms with E-state index in [0.717, 1.165) is 31.4 Å². The molecule has 0 bridgehead atoms. The second-order valence-corrected chi connectivity index (χ2v) is 7.64. The number of carbonyl (C=O) groups excluding carboxylic acids is 2. The summed E-state index contributed by atoms with van der Waals surface area (Å²) in [6, 6.07) is 9.16. The number of nitro groups is 1. The molecule has 2 aromatic carbocycles. The van der Waals surface area contributed by atoms with Gasteiger partial charge in [0, 0.05) is 30.2 Å². The van der Waals surface area contributed by atoms with Gasteiger partial charge in [0.2, 0.25) is 0 Å². The van der Waals surface area contributed by atoms with Crippen LogP contribution in [0.5, 0.6) is 0 Å². The molecule has 0 radical (unpaired) electrons. The molecule has 1 heterocycles. The fourth-order valence-electron chi connectivity index (χ4n) is 4.17. The fourth-order valence-corrected chi connectivity index (χ4v) is 4.17. The molecule has 170 valence electrons. The molecule has 0 N–H and O–H groups in total. The summed E-state index contributed by atoms with van der Waals surface area (Å²) in [6.45, 7) is -0.330. The van der Waals surface area contributed by atoms with Gasteiger partial charge >= 0.3 is 12.1 Å². The number of alkyl halides is 3. The van der Waals surface area contributed by atoms with Crippen molar-refractivity contribution in [1.29, 1.82) is 0 Å². The van der Waals surface area contributed by atoms with E-state index in [1.807, 2.05) is 0 Å². The van der Waals surface area contributed by atoms with E-state index in [0.29, 0.717) is 5.56 Å². The van der Waals surface area contributed by atoms with Gasteiger partial charge in [-0.1, -0.05) is 12.1 Å². The average molecular weight is 452 g/mol. The van der Waals surface area contributed by atoms with E-state index < -0.39 is 45.0 Å². The normalized spacial score (nSPS) is 23.4. The number of quaternary nitrogens is 1. The monoisotopic (exact) mass is 452 g/mol. The maximum Gasteiger partial charge on any atom is 0.416 e. The van der Waals surface area contributed by atoms with E-state index in [-0.39, 0.29) is 30.9 Å². The number of rotatable bonds is 4. The number of piperidine rings is 1. The molecule has 8 nitrogen and oxygen atoms in total. The summed E-state index contributed by atoms with van der Waals surface area (Å²) in [4.78, 5) is 35.0.